The molecule has 3 N–H and O–H groups in total. The third-order valence-electron chi connectivity index (χ3n) is 2.42. The molecule has 0 bridgehead atoms. The number of rotatable bonds is 3. The van der Waals surface area contributed by atoms with Crippen molar-refractivity contribution in [1.82, 2.24) is 10.3 Å². The molecule has 8 heteroatoms. The minimum absolute atomic E-state index is 0.00530. The second-order valence-electron chi connectivity index (χ2n) is 5.63. The quantitative estimate of drug-likeness (QED) is 0.817. The Morgan fingerprint density at radius 3 is 2.55 bits per heavy atom. The molecule has 7 nitrogen and oxygen atoms in total. The highest BCUT2D eigenvalue weighted by Gasteiger charge is 2.29. The van der Waals surface area contributed by atoms with E-state index in [2.05, 4.69) is 10.3 Å². The molecule has 1 aromatic heterocycles. The van der Waals surface area contributed by atoms with E-state index in [9.17, 15) is 9.59 Å². The summed E-state index contributed by atoms with van der Waals surface area (Å²) in [6.07, 6.45) is -1.32. The van der Waals surface area contributed by atoms with Crippen molar-refractivity contribution in [2.24, 2.45) is 0 Å². The van der Waals surface area contributed by atoms with Gasteiger partial charge in [-0.1, -0.05) is 11.6 Å². The van der Waals surface area contributed by atoms with Crippen molar-refractivity contribution in [3.8, 4) is 6.07 Å². The van der Waals surface area contributed by atoms with Crippen LogP contribution >= 0.6 is 11.6 Å². The molecule has 0 saturated heterocycles. The van der Waals surface area contributed by atoms with Gasteiger partial charge in [-0.2, -0.15) is 5.26 Å². The molecule has 1 unspecified atom stereocenters. The van der Waals surface area contributed by atoms with E-state index in [-0.39, 0.29) is 22.1 Å². The minimum Gasteiger partial charge on any atom is -0.446 e. The molecule has 1 rings (SSSR count). The van der Waals surface area contributed by atoms with Crippen LogP contribution in [-0.2, 0) is 14.3 Å². The number of carbonyl (C=O) groups excluding carboxylic acids is 2. The maximum atomic E-state index is 12.3. The summed E-state index contributed by atoms with van der Waals surface area (Å²) in [6.45, 7) is 6.50. The number of anilines is 1. The Hall–Kier alpha value is -2.33. The Morgan fingerprint density at radius 2 is 2.09 bits per heavy atom. The first-order valence-electron chi connectivity index (χ1n) is 6.40. The minimum atomic E-state index is -1.32. The standard InChI is InChI=1S/C14H17ClN4O3/c1-7(20)22-12(13(21)19-14(2,3)4)9-5-8(15)11(17)10(6-16)18-9/h5,12H,17H2,1-4H3,(H,19,21). The topological polar surface area (TPSA) is 118 Å². The summed E-state index contributed by atoms with van der Waals surface area (Å²) in [5.74, 6) is -1.23. The van der Waals surface area contributed by atoms with Crippen molar-refractivity contribution in [1.29, 1.82) is 5.26 Å². The third kappa shape index (κ3) is 4.60. The normalized spacial score (nSPS) is 12.2. The molecule has 0 spiro atoms. The van der Waals surface area contributed by atoms with Gasteiger partial charge < -0.3 is 15.8 Å². The molecule has 0 aromatic carbocycles. The van der Waals surface area contributed by atoms with Gasteiger partial charge in [-0.3, -0.25) is 9.59 Å². The number of nitrogens with zero attached hydrogens (tertiary/aromatic N) is 2. The average molecular weight is 325 g/mol. The molecule has 0 aliphatic heterocycles. The van der Waals surface area contributed by atoms with Gasteiger partial charge in [0.1, 0.15) is 6.07 Å². The Bertz CT molecular complexity index is 647. The number of pyridine rings is 1. The van der Waals surface area contributed by atoms with E-state index in [0.29, 0.717) is 0 Å². The predicted octanol–water partition coefficient (Wildman–Crippen LogP) is 1.71. The van der Waals surface area contributed by atoms with Gasteiger partial charge in [-0.15, -0.1) is 0 Å². The van der Waals surface area contributed by atoms with E-state index in [4.69, 9.17) is 27.3 Å². The molecule has 1 atom stereocenters. The molecule has 1 amide bonds. The van der Waals surface area contributed by atoms with Gasteiger partial charge in [0.2, 0.25) is 6.10 Å². The number of esters is 1. The maximum Gasteiger partial charge on any atom is 0.303 e. The van der Waals surface area contributed by atoms with Crippen molar-refractivity contribution >= 4 is 29.2 Å². The van der Waals surface area contributed by atoms with Crippen LogP contribution in [0.2, 0.25) is 5.02 Å². The third-order valence-corrected chi connectivity index (χ3v) is 2.74. The Balaban J connectivity index is 3.29. The van der Waals surface area contributed by atoms with Crippen LogP contribution in [0.3, 0.4) is 0 Å². The fourth-order valence-corrected chi connectivity index (χ4v) is 1.81. The molecule has 1 heterocycles. The number of aromatic nitrogens is 1. The number of carbonyl (C=O) groups is 2. The Labute approximate surface area is 133 Å². The number of hydrogen-bond acceptors (Lipinski definition) is 6. The molecule has 0 fully saturated rings. The van der Waals surface area contributed by atoms with Gasteiger partial charge in [0.25, 0.3) is 5.91 Å². The largest absolute Gasteiger partial charge is 0.446 e. The molecule has 0 saturated carbocycles. The van der Waals surface area contributed by atoms with E-state index in [1.165, 1.54) is 13.0 Å². The van der Waals surface area contributed by atoms with Crippen molar-refractivity contribution in [3.63, 3.8) is 0 Å². The van der Waals surface area contributed by atoms with Crippen molar-refractivity contribution in [3.05, 3.63) is 22.5 Å². The van der Waals surface area contributed by atoms with Crippen LogP contribution in [0.1, 0.15) is 45.2 Å². The molecule has 22 heavy (non-hydrogen) atoms. The lowest BCUT2D eigenvalue weighted by molar-refractivity contribution is -0.155. The lowest BCUT2D eigenvalue weighted by Gasteiger charge is -2.24. The lowest BCUT2D eigenvalue weighted by atomic mass is 10.1. The van der Waals surface area contributed by atoms with Gasteiger partial charge >= 0.3 is 5.97 Å². The first kappa shape index (κ1) is 17.7. The van der Waals surface area contributed by atoms with Gasteiger partial charge in [-0.25, -0.2) is 4.98 Å². The van der Waals surface area contributed by atoms with Crippen LogP contribution in [-0.4, -0.2) is 22.4 Å². The van der Waals surface area contributed by atoms with E-state index in [1.54, 1.807) is 26.8 Å². The summed E-state index contributed by atoms with van der Waals surface area (Å²) in [5, 5.41) is 11.7. The van der Waals surface area contributed by atoms with Crippen LogP contribution in [0.4, 0.5) is 5.69 Å². The van der Waals surface area contributed by atoms with Gasteiger partial charge in [0.05, 0.1) is 16.4 Å². The van der Waals surface area contributed by atoms with E-state index < -0.39 is 23.5 Å². The monoisotopic (exact) mass is 324 g/mol. The molecule has 118 valence electrons. The average Bonchev–Trinajstić information content (AvgIpc) is 2.36. The van der Waals surface area contributed by atoms with Crippen molar-refractivity contribution in [2.75, 3.05) is 5.73 Å². The predicted molar refractivity (Wildman–Crippen MR) is 80.8 cm³/mol. The van der Waals surface area contributed by atoms with E-state index in [0.717, 1.165) is 0 Å². The summed E-state index contributed by atoms with van der Waals surface area (Å²) in [4.78, 5) is 27.5. The molecule has 0 radical (unpaired) electrons. The molecule has 0 aliphatic carbocycles. The molecule has 0 aliphatic rings. The number of nitrogens with one attached hydrogen (secondary N) is 1. The van der Waals surface area contributed by atoms with Crippen LogP contribution in [0.5, 0.6) is 0 Å². The smallest absolute Gasteiger partial charge is 0.303 e. The number of nitrogens with two attached hydrogens (primary N) is 1. The summed E-state index contributed by atoms with van der Waals surface area (Å²) >= 11 is 5.93. The number of ether oxygens (including phenoxy) is 1. The fourth-order valence-electron chi connectivity index (χ4n) is 1.61. The van der Waals surface area contributed by atoms with E-state index >= 15 is 0 Å². The first-order chi connectivity index (χ1) is 10.0. The van der Waals surface area contributed by atoms with Crippen LogP contribution in [0, 0.1) is 11.3 Å². The van der Waals surface area contributed by atoms with Crippen LogP contribution < -0.4 is 11.1 Å². The Morgan fingerprint density at radius 1 is 1.50 bits per heavy atom. The van der Waals surface area contributed by atoms with Gasteiger partial charge in [-0.05, 0) is 26.8 Å². The molecule has 1 aromatic rings. The highest BCUT2D eigenvalue weighted by Crippen LogP contribution is 2.27. The second kappa shape index (κ2) is 6.62. The zero-order chi connectivity index (χ0) is 17.1. The number of nitriles is 1. The zero-order valence-electron chi connectivity index (χ0n) is 12.7. The van der Waals surface area contributed by atoms with Gasteiger partial charge in [0.15, 0.2) is 5.69 Å². The molecular weight excluding hydrogens is 308 g/mol. The zero-order valence-corrected chi connectivity index (χ0v) is 13.5. The summed E-state index contributed by atoms with van der Waals surface area (Å²) in [5.41, 5.74) is 4.98. The summed E-state index contributed by atoms with van der Waals surface area (Å²) < 4.78 is 5.02. The SMILES string of the molecule is CC(=O)OC(C(=O)NC(C)(C)C)c1cc(Cl)c(N)c(C#N)n1. The second-order valence-corrected chi connectivity index (χ2v) is 6.04. The fraction of sp³-hybridized carbons (Fsp3) is 0.429. The number of hydrogen-bond donors (Lipinski definition) is 2. The van der Waals surface area contributed by atoms with Gasteiger partial charge in [0, 0.05) is 12.5 Å². The highest BCUT2D eigenvalue weighted by atomic mass is 35.5. The van der Waals surface area contributed by atoms with Crippen LogP contribution in [0.15, 0.2) is 6.07 Å². The van der Waals surface area contributed by atoms with Crippen molar-refractivity contribution in [2.45, 2.75) is 39.3 Å². The number of halogens is 1. The first-order valence-corrected chi connectivity index (χ1v) is 6.78. The van der Waals surface area contributed by atoms with Crippen LogP contribution in [0.25, 0.3) is 0 Å². The summed E-state index contributed by atoms with van der Waals surface area (Å²) in [6, 6.07) is 3.08. The lowest BCUT2D eigenvalue weighted by Crippen LogP contribution is -2.44. The Kier molecular flexibility index (Phi) is 5.33. The number of nitrogen functional groups attached to an aromatic ring is 1. The highest BCUT2D eigenvalue weighted by molar-refractivity contribution is 6.33. The maximum absolute atomic E-state index is 12.3. The van der Waals surface area contributed by atoms with Crippen molar-refractivity contribution < 1.29 is 14.3 Å². The summed E-state index contributed by atoms with van der Waals surface area (Å²) in [7, 11) is 0. The van der Waals surface area contributed by atoms with E-state index in [1.807, 2.05) is 0 Å². The number of amides is 1. The molecular formula is C14H17ClN4O3.